The van der Waals surface area contributed by atoms with Gasteiger partial charge in [-0.2, -0.15) is 10.5 Å². The highest BCUT2D eigenvalue weighted by atomic mass is 16.3. The van der Waals surface area contributed by atoms with E-state index in [2.05, 4.69) is 88.0 Å². The lowest BCUT2D eigenvalue weighted by molar-refractivity contribution is 0.669. The van der Waals surface area contributed by atoms with E-state index in [4.69, 9.17) is 4.42 Å². The summed E-state index contributed by atoms with van der Waals surface area (Å²) in [6, 6.07) is 54.0. The highest BCUT2D eigenvalue weighted by molar-refractivity contribution is 6.27. The number of nitriles is 2. The summed E-state index contributed by atoms with van der Waals surface area (Å²) in [6.45, 7) is 0. The van der Waals surface area contributed by atoms with Crippen molar-refractivity contribution < 1.29 is 4.42 Å². The third-order valence-corrected chi connectivity index (χ3v) is 9.81. The van der Waals surface area contributed by atoms with E-state index in [1.165, 1.54) is 0 Å². The molecule has 0 unspecified atom stereocenters. The lowest BCUT2D eigenvalue weighted by Gasteiger charge is -2.14. The highest BCUT2D eigenvalue weighted by Gasteiger charge is 2.20. The average Bonchev–Trinajstić information content (AvgIpc) is 3.82. The molecule has 10 aromatic rings. The Kier molecular flexibility index (Phi) is 5.64. The number of hydrogen-bond donors (Lipinski definition) is 0. The topological polar surface area (TPSA) is 70.6 Å². The molecular formula is C44H24N4O. The molecule has 5 nitrogen and oxygen atoms in total. The number of nitrogens with zero attached hydrogens (tertiary/aromatic N) is 4. The number of furan rings is 1. The number of aromatic nitrogens is 2. The van der Waals surface area contributed by atoms with Crippen LogP contribution in [0.5, 0.6) is 0 Å². The molecule has 49 heavy (non-hydrogen) atoms. The maximum atomic E-state index is 10.5. The Labute approximate surface area is 280 Å². The van der Waals surface area contributed by atoms with Crippen molar-refractivity contribution in [2.45, 2.75) is 0 Å². The summed E-state index contributed by atoms with van der Waals surface area (Å²) in [5.74, 6) is 0. The molecule has 0 aliphatic heterocycles. The van der Waals surface area contributed by atoms with Crippen molar-refractivity contribution in [1.29, 1.82) is 10.5 Å². The van der Waals surface area contributed by atoms with Crippen LogP contribution in [0.15, 0.2) is 150 Å². The van der Waals surface area contributed by atoms with Gasteiger partial charge in [-0.25, -0.2) is 0 Å². The van der Waals surface area contributed by atoms with Crippen LogP contribution in [-0.4, -0.2) is 9.13 Å². The minimum Gasteiger partial charge on any atom is -0.456 e. The quantitative estimate of drug-likeness (QED) is 0.196. The molecule has 0 N–H and O–H groups in total. The van der Waals surface area contributed by atoms with E-state index >= 15 is 0 Å². The first-order valence-electron chi connectivity index (χ1n) is 16.1. The number of hydrogen-bond acceptors (Lipinski definition) is 3. The molecule has 0 aliphatic carbocycles. The Hall–Kier alpha value is -7.08. The molecule has 0 saturated carbocycles. The van der Waals surface area contributed by atoms with Gasteiger partial charge in [0.15, 0.2) is 0 Å². The second-order valence-corrected chi connectivity index (χ2v) is 12.3. The van der Waals surface area contributed by atoms with Gasteiger partial charge < -0.3 is 13.6 Å². The van der Waals surface area contributed by atoms with Crippen LogP contribution in [0, 0.1) is 22.7 Å². The first-order chi connectivity index (χ1) is 24.2. The van der Waals surface area contributed by atoms with Gasteiger partial charge in [-0.3, -0.25) is 0 Å². The van der Waals surface area contributed by atoms with Crippen LogP contribution >= 0.6 is 0 Å². The van der Waals surface area contributed by atoms with Crippen molar-refractivity contribution in [3.05, 3.63) is 157 Å². The molecule has 0 saturated heterocycles. The second kappa shape index (κ2) is 10.2. The van der Waals surface area contributed by atoms with Crippen LogP contribution in [-0.2, 0) is 0 Å². The van der Waals surface area contributed by atoms with Gasteiger partial charge in [0.25, 0.3) is 0 Å². The predicted molar refractivity (Wildman–Crippen MR) is 197 cm³/mol. The van der Waals surface area contributed by atoms with E-state index in [1.54, 1.807) is 0 Å². The monoisotopic (exact) mass is 624 g/mol. The molecule has 0 spiro atoms. The summed E-state index contributed by atoms with van der Waals surface area (Å²) in [4.78, 5) is 0. The Morgan fingerprint density at radius 3 is 1.49 bits per heavy atom. The smallest absolute Gasteiger partial charge is 0.136 e. The van der Waals surface area contributed by atoms with Crippen molar-refractivity contribution in [2.75, 3.05) is 0 Å². The summed E-state index contributed by atoms with van der Waals surface area (Å²) in [5.41, 5.74) is 10.2. The van der Waals surface area contributed by atoms with Crippen molar-refractivity contribution in [2.24, 2.45) is 0 Å². The number of fused-ring (bicyclic) bond motifs is 10. The predicted octanol–water partition coefficient (Wildman–Crippen LogP) is 11.2. The van der Waals surface area contributed by atoms with Crippen molar-refractivity contribution in [1.82, 2.24) is 9.13 Å². The summed E-state index contributed by atoms with van der Waals surface area (Å²) in [7, 11) is 0. The zero-order chi connectivity index (χ0) is 32.6. The summed E-state index contributed by atoms with van der Waals surface area (Å²) < 4.78 is 10.7. The number of para-hydroxylation sites is 4. The molecule has 5 heteroatoms. The van der Waals surface area contributed by atoms with Crippen molar-refractivity contribution >= 4 is 65.6 Å². The molecule has 0 fully saturated rings. The van der Waals surface area contributed by atoms with E-state index in [0.717, 1.165) is 88.1 Å². The van der Waals surface area contributed by atoms with Gasteiger partial charge in [-0.1, -0.05) is 84.9 Å². The molecule has 3 aromatic heterocycles. The van der Waals surface area contributed by atoms with Crippen molar-refractivity contribution in [3.8, 4) is 34.6 Å². The zero-order valence-electron chi connectivity index (χ0n) is 26.1. The third kappa shape index (κ3) is 3.79. The summed E-state index contributed by atoms with van der Waals surface area (Å²) in [6.07, 6.45) is 0. The fourth-order valence-electron chi connectivity index (χ4n) is 7.75. The molecule has 0 bridgehead atoms. The van der Waals surface area contributed by atoms with Crippen LogP contribution in [0.25, 0.3) is 88.1 Å². The van der Waals surface area contributed by atoms with Gasteiger partial charge in [-0.05, 0) is 60.7 Å². The van der Waals surface area contributed by atoms with E-state index in [0.29, 0.717) is 11.1 Å². The fraction of sp³-hybridized carbons (Fsp3) is 0. The van der Waals surface area contributed by atoms with Crippen LogP contribution < -0.4 is 0 Å². The molecule has 226 valence electrons. The van der Waals surface area contributed by atoms with E-state index < -0.39 is 0 Å². The first-order valence-corrected chi connectivity index (χ1v) is 16.1. The van der Waals surface area contributed by atoms with Gasteiger partial charge in [0.2, 0.25) is 0 Å². The SMILES string of the molecule is N#Cc1cc(-n2c3ccccc3c3ccccc32)ccc1-c1ccc(-n2c3ccccc3c3c4c(ccc32)oc2ccccc24)cc1C#N. The first kappa shape index (κ1) is 27.1. The fourth-order valence-corrected chi connectivity index (χ4v) is 7.75. The van der Waals surface area contributed by atoms with E-state index in [1.807, 2.05) is 78.9 Å². The maximum absolute atomic E-state index is 10.5. The Balaban J connectivity index is 1.16. The van der Waals surface area contributed by atoms with Gasteiger partial charge in [0, 0.05) is 54.8 Å². The maximum Gasteiger partial charge on any atom is 0.136 e. The second-order valence-electron chi connectivity index (χ2n) is 12.3. The Morgan fingerprint density at radius 1 is 0.408 bits per heavy atom. The summed E-state index contributed by atoms with van der Waals surface area (Å²) >= 11 is 0. The van der Waals surface area contributed by atoms with Gasteiger partial charge in [0.05, 0.1) is 45.3 Å². The van der Waals surface area contributed by atoms with Gasteiger partial charge in [-0.15, -0.1) is 0 Å². The standard InChI is InChI=1S/C44H24N4O/c45-25-27-23-29(47-37-13-5-1-9-33(37)34-10-2-6-14-38(34)47)17-19-31(27)32-20-18-30(24-28(32)26-46)48-39-15-7-3-11-35(39)43-40(48)21-22-42-44(43)36-12-4-8-16-41(36)49-42/h1-24H. The van der Waals surface area contributed by atoms with Crippen molar-refractivity contribution in [3.63, 3.8) is 0 Å². The molecule has 0 atom stereocenters. The molecule has 7 aromatic carbocycles. The van der Waals surface area contributed by atoms with Gasteiger partial charge >= 0.3 is 0 Å². The zero-order valence-corrected chi connectivity index (χ0v) is 26.1. The normalized spacial score (nSPS) is 11.6. The van der Waals surface area contributed by atoms with E-state index in [9.17, 15) is 10.5 Å². The molecule has 0 amide bonds. The minimum atomic E-state index is 0.499. The average molecular weight is 625 g/mol. The van der Waals surface area contributed by atoms with E-state index in [-0.39, 0.29) is 0 Å². The molecule has 0 radical (unpaired) electrons. The lowest BCUT2D eigenvalue weighted by Crippen LogP contribution is -1.98. The van der Waals surface area contributed by atoms with Crippen LogP contribution in [0.4, 0.5) is 0 Å². The van der Waals surface area contributed by atoms with Gasteiger partial charge in [0.1, 0.15) is 11.2 Å². The van der Waals surface area contributed by atoms with Crippen LogP contribution in [0.3, 0.4) is 0 Å². The van der Waals surface area contributed by atoms with Crippen LogP contribution in [0.2, 0.25) is 0 Å². The molecule has 10 rings (SSSR count). The lowest BCUT2D eigenvalue weighted by atomic mass is 9.95. The largest absolute Gasteiger partial charge is 0.456 e. The third-order valence-electron chi connectivity index (χ3n) is 9.81. The molecule has 3 heterocycles. The Bertz CT molecular complexity index is 3030. The Morgan fingerprint density at radius 2 is 0.898 bits per heavy atom. The van der Waals surface area contributed by atoms with Crippen LogP contribution in [0.1, 0.15) is 11.1 Å². The number of rotatable bonds is 3. The minimum absolute atomic E-state index is 0.499. The molecule has 0 aliphatic rings. The number of benzene rings is 7. The molecular weight excluding hydrogens is 601 g/mol. The summed E-state index contributed by atoms with van der Waals surface area (Å²) in [5, 5.41) is 27.6. The highest BCUT2D eigenvalue weighted by Crippen LogP contribution is 2.42.